The predicted octanol–water partition coefficient (Wildman–Crippen LogP) is 3.44. The highest BCUT2D eigenvalue weighted by molar-refractivity contribution is 9.10. The number of carbonyl (C=O) groups is 1. The van der Waals surface area contributed by atoms with E-state index in [0.717, 1.165) is 5.56 Å². The predicted molar refractivity (Wildman–Crippen MR) is 74.2 cm³/mol. The number of hydrogen-bond acceptors (Lipinski definition) is 2. The van der Waals surface area contributed by atoms with Gasteiger partial charge in [-0.2, -0.15) is 0 Å². The van der Waals surface area contributed by atoms with Gasteiger partial charge in [-0.15, -0.1) is 0 Å². The third kappa shape index (κ3) is 3.04. The smallest absolute Gasteiger partial charge is 0.404 e. The van der Waals surface area contributed by atoms with Gasteiger partial charge in [0, 0.05) is 0 Å². The van der Waals surface area contributed by atoms with Crippen molar-refractivity contribution in [2.75, 3.05) is 6.61 Å². The summed E-state index contributed by atoms with van der Waals surface area (Å²) in [7, 11) is 0. The maximum atomic E-state index is 13.7. The zero-order valence-corrected chi connectivity index (χ0v) is 11.7. The molecule has 0 bridgehead atoms. The van der Waals surface area contributed by atoms with Gasteiger partial charge in [0.25, 0.3) is 0 Å². The number of allylic oxidation sites excluding steroid dienone is 3. The average Bonchev–Trinajstić information content (AvgIpc) is 2.40. The molecule has 2 N–H and O–H groups in total. The fourth-order valence-corrected chi connectivity index (χ4v) is 2.32. The molecule has 0 radical (unpaired) electrons. The first-order chi connectivity index (χ1) is 9.03. The third-order valence-electron chi connectivity index (χ3n) is 3.11. The second kappa shape index (κ2) is 5.57. The monoisotopic (exact) mass is 325 g/mol. The lowest BCUT2D eigenvalue weighted by Gasteiger charge is -2.31. The van der Waals surface area contributed by atoms with Crippen molar-refractivity contribution < 1.29 is 13.9 Å². The van der Waals surface area contributed by atoms with E-state index in [-0.39, 0.29) is 12.4 Å². The molecule has 2 rings (SSSR count). The fourth-order valence-electron chi connectivity index (χ4n) is 2.07. The van der Waals surface area contributed by atoms with Gasteiger partial charge in [0.2, 0.25) is 0 Å². The number of rotatable bonds is 3. The summed E-state index contributed by atoms with van der Waals surface area (Å²) in [5.74, 6) is -0.348. The fraction of sp³-hybridized carbons (Fsp3) is 0.214. The Bertz CT molecular complexity index is 556. The molecular formula is C14H13BrFNO2. The van der Waals surface area contributed by atoms with Crippen molar-refractivity contribution in [3.8, 4) is 0 Å². The van der Waals surface area contributed by atoms with Crippen molar-refractivity contribution in [3.05, 3.63) is 58.4 Å². The molecule has 1 aliphatic carbocycles. The Morgan fingerprint density at radius 3 is 2.84 bits per heavy atom. The van der Waals surface area contributed by atoms with Gasteiger partial charge in [-0.1, -0.05) is 30.4 Å². The van der Waals surface area contributed by atoms with E-state index in [1.54, 1.807) is 12.1 Å². The van der Waals surface area contributed by atoms with Crippen LogP contribution in [0.5, 0.6) is 0 Å². The number of halogens is 2. The lowest BCUT2D eigenvalue weighted by atomic mass is 9.76. The van der Waals surface area contributed by atoms with Crippen molar-refractivity contribution >= 4 is 22.0 Å². The van der Waals surface area contributed by atoms with Crippen LogP contribution in [0.2, 0.25) is 0 Å². The van der Waals surface area contributed by atoms with Crippen LogP contribution in [0.25, 0.3) is 0 Å². The molecule has 3 nitrogen and oxygen atoms in total. The van der Waals surface area contributed by atoms with Crippen LogP contribution in [-0.4, -0.2) is 12.7 Å². The first kappa shape index (κ1) is 13.8. The minimum Gasteiger partial charge on any atom is -0.448 e. The van der Waals surface area contributed by atoms with Crippen molar-refractivity contribution in [3.63, 3.8) is 0 Å². The summed E-state index contributed by atoms with van der Waals surface area (Å²) >= 11 is 3.12. The van der Waals surface area contributed by atoms with E-state index in [9.17, 15) is 9.18 Å². The minimum atomic E-state index is -0.833. The maximum Gasteiger partial charge on any atom is 0.404 e. The van der Waals surface area contributed by atoms with Crippen LogP contribution in [0.4, 0.5) is 9.18 Å². The first-order valence-corrected chi connectivity index (χ1v) is 6.55. The van der Waals surface area contributed by atoms with Crippen LogP contribution in [-0.2, 0) is 10.2 Å². The normalized spacial score (nSPS) is 21.4. The van der Waals surface area contributed by atoms with Gasteiger partial charge >= 0.3 is 6.09 Å². The third-order valence-corrected chi connectivity index (χ3v) is 3.75. The second-order valence-electron chi connectivity index (χ2n) is 4.38. The van der Waals surface area contributed by atoms with Gasteiger partial charge in [0.1, 0.15) is 12.4 Å². The number of hydrogen-bond donors (Lipinski definition) is 1. The van der Waals surface area contributed by atoms with Crippen LogP contribution < -0.4 is 5.73 Å². The summed E-state index contributed by atoms with van der Waals surface area (Å²) in [4.78, 5) is 10.8. The molecule has 1 unspecified atom stereocenters. The van der Waals surface area contributed by atoms with Gasteiger partial charge in [0.05, 0.1) is 9.89 Å². The van der Waals surface area contributed by atoms with Crippen LogP contribution in [0.3, 0.4) is 0 Å². The van der Waals surface area contributed by atoms with E-state index in [1.165, 1.54) is 6.07 Å². The summed E-state index contributed by atoms with van der Waals surface area (Å²) in [6.07, 6.45) is 7.40. The van der Waals surface area contributed by atoms with E-state index in [2.05, 4.69) is 15.9 Å². The lowest BCUT2D eigenvalue weighted by molar-refractivity contribution is 0.135. The SMILES string of the molecule is NC(=O)OCC1(c2ccc(Br)c(F)c2)C=CC=CC1. The highest BCUT2D eigenvalue weighted by atomic mass is 79.9. The van der Waals surface area contributed by atoms with E-state index in [4.69, 9.17) is 10.5 Å². The molecule has 0 fully saturated rings. The summed E-state index contributed by atoms with van der Waals surface area (Å²) in [5.41, 5.74) is 5.20. The molecule has 0 saturated heterocycles. The molecule has 1 aromatic rings. The van der Waals surface area contributed by atoms with Gasteiger partial charge < -0.3 is 10.5 Å². The molecule has 0 saturated carbocycles. The van der Waals surface area contributed by atoms with Gasteiger partial charge in [-0.3, -0.25) is 0 Å². The Morgan fingerprint density at radius 2 is 2.26 bits per heavy atom. The van der Waals surface area contributed by atoms with Gasteiger partial charge in [0.15, 0.2) is 0 Å². The van der Waals surface area contributed by atoms with E-state index >= 15 is 0 Å². The maximum absolute atomic E-state index is 13.7. The average molecular weight is 326 g/mol. The number of ether oxygens (including phenoxy) is 1. The van der Waals surface area contributed by atoms with Crippen molar-refractivity contribution in [1.82, 2.24) is 0 Å². The Labute approximate surface area is 119 Å². The highest BCUT2D eigenvalue weighted by Gasteiger charge is 2.31. The molecule has 0 heterocycles. The van der Waals surface area contributed by atoms with Crippen LogP contribution >= 0.6 is 15.9 Å². The molecule has 1 atom stereocenters. The molecule has 5 heteroatoms. The molecule has 0 aliphatic heterocycles. The Hall–Kier alpha value is -1.62. The number of benzene rings is 1. The molecular weight excluding hydrogens is 313 g/mol. The number of carbonyl (C=O) groups excluding carboxylic acids is 1. The summed E-state index contributed by atoms with van der Waals surface area (Å²) < 4.78 is 19.0. The van der Waals surface area contributed by atoms with E-state index < -0.39 is 11.5 Å². The van der Waals surface area contributed by atoms with E-state index in [0.29, 0.717) is 10.9 Å². The van der Waals surface area contributed by atoms with Crippen LogP contribution in [0.15, 0.2) is 47.0 Å². The Kier molecular flexibility index (Phi) is 4.04. The van der Waals surface area contributed by atoms with Crippen molar-refractivity contribution in [2.24, 2.45) is 5.73 Å². The Morgan fingerprint density at radius 1 is 1.47 bits per heavy atom. The van der Waals surface area contributed by atoms with E-state index in [1.807, 2.05) is 24.3 Å². The Balaban J connectivity index is 2.36. The van der Waals surface area contributed by atoms with Gasteiger partial charge in [-0.25, -0.2) is 9.18 Å². The summed E-state index contributed by atoms with van der Waals surface area (Å²) in [5, 5.41) is 0. The number of primary amides is 1. The van der Waals surface area contributed by atoms with Crippen molar-refractivity contribution in [2.45, 2.75) is 11.8 Å². The molecule has 0 spiro atoms. The molecule has 1 aromatic carbocycles. The zero-order valence-electron chi connectivity index (χ0n) is 10.1. The molecule has 1 aliphatic rings. The summed E-state index contributed by atoms with van der Waals surface area (Å²) in [6.45, 7) is 0.0875. The topological polar surface area (TPSA) is 52.3 Å². The van der Waals surface area contributed by atoms with Crippen molar-refractivity contribution in [1.29, 1.82) is 0 Å². The first-order valence-electron chi connectivity index (χ1n) is 5.76. The number of amides is 1. The zero-order chi connectivity index (χ0) is 13.9. The molecule has 100 valence electrons. The molecule has 0 aromatic heterocycles. The second-order valence-corrected chi connectivity index (χ2v) is 5.24. The molecule has 19 heavy (non-hydrogen) atoms. The van der Waals surface area contributed by atoms with Gasteiger partial charge in [-0.05, 0) is 40.0 Å². The number of nitrogens with two attached hydrogens (primary N) is 1. The molecule has 1 amide bonds. The quantitative estimate of drug-likeness (QED) is 0.925. The standard InChI is InChI=1S/C14H13BrFNO2/c15-11-5-4-10(8-12(11)16)14(9-19-13(17)18)6-2-1-3-7-14/h1-6,8H,7,9H2,(H2,17,18). The summed E-state index contributed by atoms with van der Waals surface area (Å²) in [6, 6.07) is 4.89. The van der Waals surface area contributed by atoms with Crippen LogP contribution in [0.1, 0.15) is 12.0 Å². The highest BCUT2D eigenvalue weighted by Crippen LogP contribution is 2.34. The van der Waals surface area contributed by atoms with Crippen LogP contribution in [0, 0.1) is 5.82 Å². The largest absolute Gasteiger partial charge is 0.448 e. The minimum absolute atomic E-state index is 0.0875. The lowest BCUT2D eigenvalue weighted by Crippen LogP contribution is -2.33.